The molecule has 13 heteroatoms. The zero-order valence-electron chi connectivity index (χ0n) is 35.8. The maximum absolute atomic E-state index is 14.6. The third-order valence-corrected chi connectivity index (χ3v) is 12.6. The second-order valence-electron chi connectivity index (χ2n) is 16.3. The van der Waals surface area contributed by atoms with Gasteiger partial charge < -0.3 is 39.3 Å². The molecule has 1 heterocycles. The van der Waals surface area contributed by atoms with E-state index in [4.69, 9.17) is 35.4 Å². The van der Waals surface area contributed by atoms with E-state index < -0.39 is 29.9 Å². The molecule has 4 aromatic rings. The zero-order chi connectivity index (χ0) is 44.2. The summed E-state index contributed by atoms with van der Waals surface area (Å²) in [6, 6.07) is 28.2. The standard InChI is InChI=1S/C50H58ClN3O9/c1-3-27-61-50-45(54(49(58)60-28-24-51)33-37-19-13-18-35-16-7-8-20-39(35)37)31-43(53-59-2)41-29-36(17-9-11-25-55)40(21-10-12-26-56)46(47(41)50)42-30-38(22-23-44(42)63-50)62-48(57)52-32-34-14-5-4-6-15-34/h3-8,13-16,18-20,22-23,29-30,36,40,45-47,55-56H,1,9-12,17,21,24-28,31-33H2,2H3,(H,52,57)/t36-,40+,45-,46+,47+,50+/m0/s1. The minimum atomic E-state index is -1.52. The number of nitrogens with one attached hydrogen (secondary N) is 1. The summed E-state index contributed by atoms with van der Waals surface area (Å²) in [5.74, 6) is -1.45. The molecule has 0 bridgehead atoms. The number of hydrogen-bond acceptors (Lipinski definition) is 10. The summed E-state index contributed by atoms with van der Waals surface area (Å²) < 4.78 is 26.2. The van der Waals surface area contributed by atoms with Gasteiger partial charge in [0, 0.05) is 37.7 Å². The summed E-state index contributed by atoms with van der Waals surface area (Å²) in [5.41, 5.74) is 4.18. The Kier molecular flexibility index (Phi) is 15.8. The lowest BCUT2D eigenvalue weighted by molar-refractivity contribution is -0.256. The highest BCUT2D eigenvalue weighted by atomic mass is 35.5. The zero-order valence-corrected chi connectivity index (χ0v) is 36.6. The van der Waals surface area contributed by atoms with Crippen molar-refractivity contribution in [3.8, 4) is 11.5 Å². The number of benzene rings is 4. The molecule has 4 aromatic carbocycles. The topological polar surface area (TPSA) is 148 Å². The normalized spacial score (nSPS) is 22.8. The first-order valence-electron chi connectivity index (χ1n) is 21.9. The molecular formula is C50H58ClN3O9. The molecule has 2 amide bonds. The van der Waals surface area contributed by atoms with Crippen LogP contribution in [0.15, 0.2) is 120 Å². The summed E-state index contributed by atoms with van der Waals surface area (Å²) in [5, 5.41) is 29.4. The van der Waals surface area contributed by atoms with Gasteiger partial charge in [-0.05, 0) is 83.2 Å². The lowest BCUT2D eigenvalue weighted by Gasteiger charge is -2.59. The predicted molar refractivity (Wildman–Crippen MR) is 243 cm³/mol. The average Bonchev–Trinajstić information content (AvgIpc) is 3.30. The van der Waals surface area contributed by atoms with E-state index in [9.17, 15) is 19.8 Å². The number of fused-ring (bicyclic) bond motifs is 3. The van der Waals surface area contributed by atoms with Gasteiger partial charge in [0.15, 0.2) is 0 Å². The number of ether oxygens (including phenoxy) is 4. The Labute approximate surface area is 374 Å². The van der Waals surface area contributed by atoms with E-state index in [1.165, 1.54) is 7.11 Å². The Bertz CT molecular complexity index is 2250. The van der Waals surface area contributed by atoms with Crippen molar-refractivity contribution in [2.75, 3.05) is 39.4 Å². The quantitative estimate of drug-likeness (QED) is 0.0342. The van der Waals surface area contributed by atoms with Crippen molar-refractivity contribution < 1.29 is 43.6 Å². The van der Waals surface area contributed by atoms with Crippen molar-refractivity contribution in [2.45, 2.75) is 75.8 Å². The van der Waals surface area contributed by atoms with Gasteiger partial charge in [-0.2, -0.15) is 0 Å². The van der Waals surface area contributed by atoms with Crippen LogP contribution in [-0.2, 0) is 27.4 Å². The van der Waals surface area contributed by atoms with E-state index in [0.717, 1.165) is 58.7 Å². The number of carbonyl (C=O) groups is 2. The SMILES string of the molecule is C=CCO[C@@]12Oc3ccc(OC(=O)NCc4ccccc4)cc3[C@H]3[C@H](CCCCO)[C@@H](CCCCO)C=C(C(=NOC)C[C@@H]1N(Cc1cccc4ccccc14)C(=O)OCCCl)[C@H]32. The van der Waals surface area contributed by atoms with Crippen molar-refractivity contribution in [1.29, 1.82) is 0 Å². The lowest BCUT2D eigenvalue weighted by atomic mass is 9.55. The minimum Gasteiger partial charge on any atom is -0.459 e. The summed E-state index contributed by atoms with van der Waals surface area (Å²) in [6.45, 7) is 4.68. The Morgan fingerprint density at radius 1 is 0.984 bits per heavy atom. The second kappa shape index (κ2) is 21.8. The average molecular weight is 880 g/mol. The first-order chi connectivity index (χ1) is 30.8. The highest BCUT2D eigenvalue weighted by Gasteiger charge is 2.65. The van der Waals surface area contributed by atoms with Gasteiger partial charge in [0.05, 0.1) is 30.7 Å². The van der Waals surface area contributed by atoms with E-state index in [1.54, 1.807) is 17.0 Å². The van der Waals surface area contributed by atoms with Crippen LogP contribution in [0.5, 0.6) is 11.5 Å². The maximum atomic E-state index is 14.6. The van der Waals surface area contributed by atoms with Gasteiger partial charge in [-0.25, -0.2) is 9.59 Å². The van der Waals surface area contributed by atoms with Crippen LogP contribution < -0.4 is 14.8 Å². The van der Waals surface area contributed by atoms with Gasteiger partial charge in [-0.3, -0.25) is 4.90 Å². The molecule has 1 saturated carbocycles. The number of nitrogens with zero attached hydrogens (tertiary/aromatic N) is 2. The Hall–Kier alpha value is -5.40. The van der Waals surface area contributed by atoms with Gasteiger partial charge >= 0.3 is 12.2 Å². The molecule has 6 atom stereocenters. The number of hydrogen-bond donors (Lipinski definition) is 3. The molecule has 334 valence electrons. The molecule has 2 aliphatic carbocycles. The number of unbranched alkanes of at least 4 members (excludes halogenated alkanes) is 2. The van der Waals surface area contributed by atoms with E-state index in [2.05, 4.69) is 23.1 Å². The van der Waals surface area contributed by atoms with Gasteiger partial charge in [0.1, 0.15) is 31.3 Å². The van der Waals surface area contributed by atoms with Crippen LogP contribution in [0, 0.1) is 17.8 Å². The van der Waals surface area contributed by atoms with Crippen LogP contribution in [0.25, 0.3) is 10.8 Å². The number of alkyl halides is 1. The first-order valence-corrected chi connectivity index (χ1v) is 22.5. The Morgan fingerprint density at radius 2 is 1.75 bits per heavy atom. The van der Waals surface area contributed by atoms with Gasteiger partial charge in [-0.15, -0.1) is 18.2 Å². The first kappa shape index (κ1) is 45.6. The van der Waals surface area contributed by atoms with Crippen LogP contribution >= 0.6 is 11.6 Å². The van der Waals surface area contributed by atoms with Crippen molar-refractivity contribution in [3.63, 3.8) is 0 Å². The monoisotopic (exact) mass is 879 g/mol. The van der Waals surface area contributed by atoms with Crippen LogP contribution in [0.3, 0.4) is 0 Å². The Morgan fingerprint density at radius 3 is 2.51 bits per heavy atom. The number of aliphatic hydroxyl groups excluding tert-OH is 2. The molecular weight excluding hydrogens is 822 g/mol. The fourth-order valence-electron chi connectivity index (χ4n) is 9.86. The molecule has 0 saturated heterocycles. The summed E-state index contributed by atoms with van der Waals surface area (Å²) >= 11 is 6.12. The van der Waals surface area contributed by atoms with Crippen molar-refractivity contribution in [2.24, 2.45) is 22.9 Å². The van der Waals surface area contributed by atoms with Crippen LogP contribution in [-0.4, -0.2) is 84.3 Å². The van der Waals surface area contributed by atoms with Crippen molar-refractivity contribution >= 4 is 40.3 Å². The summed E-state index contributed by atoms with van der Waals surface area (Å²) in [7, 11) is 1.51. The van der Waals surface area contributed by atoms with Gasteiger partial charge in [-0.1, -0.05) is 103 Å². The van der Waals surface area contributed by atoms with Gasteiger partial charge in [0.25, 0.3) is 0 Å². The maximum Gasteiger partial charge on any atom is 0.412 e. The summed E-state index contributed by atoms with van der Waals surface area (Å²) in [4.78, 5) is 35.2. The molecule has 3 N–H and O–H groups in total. The third kappa shape index (κ3) is 10.2. The van der Waals surface area contributed by atoms with E-state index in [0.29, 0.717) is 36.6 Å². The highest BCUT2D eigenvalue weighted by molar-refractivity contribution is 6.18. The van der Waals surface area contributed by atoms with Gasteiger partial charge in [0.2, 0.25) is 5.79 Å². The molecule has 3 aliphatic rings. The van der Waals surface area contributed by atoms with Crippen LogP contribution in [0.2, 0.25) is 0 Å². The number of carbonyl (C=O) groups excluding carboxylic acids is 2. The predicted octanol–water partition coefficient (Wildman–Crippen LogP) is 9.27. The molecule has 7 rings (SSSR count). The lowest BCUT2D eigenvalue weighted by Crippen LogP contribution is -2.70. The third-order valence-electron chi connectivity index (χ3n) is 12.5. The molecule has 0 radical (unpaired) electrons. The second-order valence-corrected chi connectivity index (χ2v) is 16.6. The largest absolute Gasteiger partial charge is 0.459 e. The minimum absolute atomic E-state index is 0.0102. The van der Waals surface area contributed by atoms with E-state index in [-0.39, 0.29) is 63.0 Å². The Balaban J connectivity index is 1.40. The molecule has 0 aromatic heterocycles. The van der Waals surface area contributed by atoms with E-state index in [1.807, 2.05) is 84.9 Å². The molecule has 0 spiro atoms. The number of aliphatic hydroxyl groups is 2. The van der Waals surface area contributed by atoms with E-state index >= 15 is 0 Å². The number of oxime groups is 1. The number of allylic oxidation sites excluding steroid dienone is 1. The highest BCUT2D eigenvalue weighted by Crippen LogP contribution is 2.62. The van der Waals surface area contributed by atoms with Crippen LogP contribution in [0.4, 0.5) is 9.59 Å². The molecule has 63 heavy (non-hydrogen) atoms. The number of rotatable bonds is 20. The summed E-state index contributed by atoms with van der Waals surface area (Å²) in [6.07, 6.45) is 7.28. The molecule has 1 fully saturated rings. The fourth-order valence-corrected chi connectivity index (χ4v) is 9.94. The fraction of sp³-hybridized carbons (Fsp3) is 0.420. The molecule has 1 aliphatic heterocycles. The van der Waals surface area contributed by atoms with Crippen molar-refractivity contribution in [1.82, 2.24) is 10.2 Å². The number of halogens is 1. The van der Waals surface area contributed by atoms with Crippen LogP contribution in [0.1, 0.15) is 67.6 Å². The smallest absolute Gasteiger partial charge is 0.412 e. The van der Waals surface area contributed by atoms with Crippen molar-refractivity contribution in [3.05, 3.63) is 132 Å². The molecule has 12 nitrogen and oxygen atoms in total. The number of amides is 2. The molecule has 0 unspecified atom stereocenters.